The van der Waals surface area contributed by atoms with Crippen LogP contribution < -0.4 is 5.32 Å². The number of nitrogens with one attached hydrogen (secondary N) is 1. The van der Waals surface area contributed by atoms with Crippen molar-refractivity contribution in [2.45, 2.75) is 26.7 Å². The molecule has 0 heterocycles. The van der Waals surface area contributed by atoms with Crippen molar-refractivity contribution in [1.82, 2.24) is 5.32 Å². The molecule has 3 N–H and O–H groups in total. The van der Waals surface area contributed by atoms with Crippen molar-refractivity contribution >= 4 is 17.8 Å². The Hall–Kier alpha value is -1.59. The Morgan fingerprint density at radius 3 is 2.06 bits per heavy atom. The maximum atomic E-state index is 11.2. The van der Waals surface area contributed by atoms with Gasteiger partial charge in [0.2, 0.25) is 5.91 Å². The lowest BCUT2D eigenvalue weighted by molar-refractivity contribution is -0.148. The summed E-state index contributed by atoms with van der Waals surface area (Å²) in [6, 6.07) is 0. The molecule has 1 amide bonds. The Bertz CT molecular complexity index is 274. The summed E-state index contributed by atoms with van der Waals surface area (Å²) in [5.74, 6) is -3.55. The molecule has 0 spiro atoms. The zero-order chi connectivity index (χ0) is 12.7. The number of carbonyl (C=O) groups is 3. The van der Waals surface area contributed by atoms with Gasteiger partial charge in [0.15, 0.2) is 0 Å². The van der Waals surface area contributed by atoms with Crippen LogP contribution in [0.1, 0.15) is 26.7 Å². The molecular formula is C10H17NO5. The highest BCUT2D eigenvalue weighted by Gasteiger charge is 2.21. The molecule has 0 aromatic rings. The molecule has 0 fully saturated rings. The van der Waals surface area contributed by atoms with Crippen LogP contribution in [0.15, 0.2) is 0 Å². The molecule has 6 nitrogen and oxygen atoms in total. The summed E-state index contributed by atoms with van der Waals surface area (Å²) in [4.78, 5) is 32.2. The average Bonchev–Trinajstić information content (AvgIpc) is 2.09. The number of carboxylic acids is 2. The van der Waals surface area contributed by atoms with E-state index in [-0.39, 0.29) is 18.4 Å². The molecule has 1 atom stereocenters. The first kappa shape index (κ1) is 14.4. The zero-order valence-corrected chi connectivity index (χ0v) is 9.40. The molecule has 0 aliphatic heterocycles. The van der Waals surface area contributed by atoms with Gasteiger partial charge in [-0.05, 0) is 5.92 Å². The second-order valence-electron chi connectivity index (χ2n) is 4.04. The molecule has 6 heteroatoms. The molecule has 0 bridgehead atoms. The molecule has 92 valence electrons. The van der Waals surface area contributed by atoms with E-state index < -0.39 is 24.3 Å². The summed E-state index contributed by atoms with van der Waals surface area (Å²) in [6.45, 7) is 3.59. The molecule has 0 saturated carbocycles. The van der Waals surface area contributed by atoms with Crippen LogP contribution in [0.3, 0.4) is 0 Å². The van der Waals surface area contributed by atoms with Crippen LogP contribution in [0.5, 0.6) is 0 Å². The second kappa shape index (κ2) is 6.81. The van der Waals surface area contributed by atoms with Crippen LogP contribution in [0.25, 0.3) is 0 Å². The van der Waals surface area contributed by atoms with Gasteiger partial charge in [0, 0.05) is 13.0 Å². The number of aliphatic carboxylic acids is 2. The van der Waals surface area contributed by atoms with Gasteiger partial charge in [-0.1, -0.05) is 13.8 Å². The Balaban J connectivity index is 4.07. The van der Waals surface area contributed by atoms with E-state index >= 15 is 0 Å². The van der Waals surface area contributed by atoms with Crippen LogP contribution in [0.4, 0.5) is 0 Å². The van der Waals surface area contributed by atoms with Gasteiger partial charge in [-0.15, -0.1) is 0 Å². The van der Waals surface area contributed by atoms with Gasteiger partial charge < -0.3 is 15.5 Å². The van der Waals surface area contributed by atoms with Crippen LogP contribution >= 0.6 is 0 Å². The molecule has 0 rings (SSSR count). The smallest absolute Gasteiger partial charge is 0.308 e. The Labute approximate surface area is 93.6 Å². The molecule has 0 saturated heterocycles. The highest BCUT2D eigenvalue weighted by atomic mass is 16.4. The predicted molar refractivity (Wildman–Crippen MR) is 55.8 cm³/mol. The highest BCUT2D eigenvalue weighted by molar-refractivity contribution is 5.80. The normalized spacial score (nSPS) is 12.2. The molecule has 0 aromatic heterocycles. The first-order valence-corrected chi connectivity index (χ1v) is 5.04. The Morgan fingerprint density at radius 2 is 1.69 bits per heavy atom. The lowest BCUT2D eigenvalue weighted by Crippen LogP contribution is -2.34. The topological polar surface area (TPSA) is 104 Å². The van der Waals surface area contributed by atoms with E-state index in [1.165, 1.54) is 0 Å². The molecule has 0 aliphatic carbocycles. The first-order valence-electron chi connectivity index (χ1n) is 5.04. The van der Waals surface area contributed by atoms with Crippen molar-refractivity contribution in [2.75, 3.05) is 6.54 Å². The predicted octanol–water partition coefficient (Wildman–Crippen LogP) is 0.324. The first-order chi connectivity index (χ1) is 7.32. The van der Waals surface area contributed by atoms with Crippen LogP contribution in [0.2, 0.25) is 0 Å². The van der Waals surface area contributed by atoms with E-state index in [4.69, 9.17) is 10.2 Å². The highest BCUT2D eigenvalue weighted by Crippen LogP contribution is 2.03. The monoisotopic (exact) mass is 231 g/mol. The maximum absolute atomic E-state index is 11.2. The van der Waals surface area contributed by atoms with E-state index in [0.717, 1.165) is 0 Å². The van der Waals surface area contributed by atoms with Gasteiger partial charge in [0.05, 0.1) is 12.3 Å². The van der Waals surface area contributed by atoms with Crippen LogP contribution in [-0.4, -0.2) is 34.6 Å². The summed E-state index contributed by atoms with van der Waals surface area (Å²) >= 11 is 0. The fraction of sp³-hybridized carbons (Fsp3) is 0.700. The largest absolute Gasteiger partial charge is 0.481 e. The minimum absolute atomic E-state index is 0.146. The van der Waals surface area contributed by atoms with E-state index in [1.54, 1.807) is 0 Å². The van der Waals surface area contributed by atoms with E-state index in [9.17, 15) is 14.4 Å². The Kier molecular flexibility index (Phi) is 6.14. The van der Waals surface area contributed by atoms with Crippen molar-refractivity contribution in [3.05, 3.63) is 0 Å². The van der Waals surface area contributed by atoms with Gasteiger partial charge in [-0.3, -0.25) is 14.4 Å². The fourth-order valence-electron chi connectivity index (χ4n) is 1.14. The number of carbonyl (C=O) groups excluding carboxylic acids is 1. The molecule has 0 radical (unpaired) electrons. The van der Waals surface area contributed by atoms with Crippen molar-refractivity contribution in [2.24, 2.45) is 11.8 Å². The van der Waals surface area contributed by atoms with Crippen molar-refractivity contribution < 1.29 is 24.6 Å². The molecular weight excluding hydrogens is 214 g/mol. The fourth-order valence-corrected chi connectivity index (χ4v) is 1.14. The number of hydrogen-bond donors (Lipinski definition) is 3. The number of carboxylic acid groups (broad SMARTS) is 2. The lowest BCUT2D eigenvalue weighted by Gasteiger charge is -2.12. The van der Waals surface area contributed by atoms with Gasteiger partial charge in [0.25, 0.3) is 0 Å². The molecule has 1 unspecified atom stereocenters. The summed E-state index contributed by atoms with van der Waals surface area (Å²) < 4.78 is 0. The minimum Gasteiger partial charge on any atom is -0.481 e. The van der Waals surface area contributed by atoms with E-state index in [0.29, 0.717) is 6.42 Å². The summed E-state index contributed by atoms with van der Waals surface area (Å²) in [7, 11) is 0. The standard InChI is InChI=1S/C10H17NO5/c1-6(2)3-8(12)11-5-7(10(15)16)4-9(13)14/h6-7H,3-5H2,1-2H3,(H,11,12)(H,13,14)(H,15,16). The SMILES string of the molecule is CC(C)CC(=O)NCC(CC(=O)O)C(=O)O. The quantitative estimate of drug-likeness (QED) is 0.585. The van der Waals surface area contributed by atoms with Gasteiger partial charge >= 0.3 is 11.9 Å². The average molecular weight is 231 g/mol. The third-order valence-electron chi connectivity index (χ3n) is 1.91. The number of amides is 1. The molecule has 0 aromatic carbocycles. The van der Waals surface area contributed by atoms with Crippen LogP contribution in [-0.2, 0) is 14.4 Å². The maximum Gasteiger partial charge on any atom is 0.308 e. The van der Waals surface area contributed by atoms with Crippen molar-refractivity contribution in [3.8, 4) is 0 Å². The van der Waals surface area contributed by atoms with Gasteiger partial charge in [0.1, 0.15) is 0 Å². The summed E-state index contributed by atoms with van der Waals surface area (Å²) in [6.07, 6.45) is -0.184. The van der Waals surface area contributed by atoms with E-state index in [1.807, 2.05) is 13.8 Å². The summed E-state index contributed by atoms with van der Waals surface area (Å²) in [5.41, 5.74) is 0. The third-order valence-corrected chi connectivity index (χ3v) is 1.91. The van der Waals surface area contributed by atoms with E-state index in [2.05, 4.69) is 5.32 Å². The lowest BCUT2D eigenvalue weighted by atomic mass is 10.1. The number of hydrogen-bond acceptors (Lipinski definition) is 3. The van der Waals surface area contributed by atoms with Gasteiger partial charge in [-0.2, -0.15) is 0 Å². The van der Waals surface area contributed by atoms with Crippen LogP contribution in [0, 0.1) is 11.8 Å². The molecule has 0 aliphatic rings. The van der Waals surface area contributed by atoms with Crippen molar-refractivity contribution in [1.29, 1.82) is 0 Å². The molecule has 16 heavy (non-hydrogen) atoms. The summed E-state index contributed by atoms with van der Waals surface area (Å²) in [5, 5.41) is 19.6. The van der Waals surface area contributed by atoms with Gasteiger partial charge in [-0.25, -0.2) is 0 Å². The number of rotatable bonds is 7. The minimum atomic E-state index is -1.22. The third kappa shape index (κ3) is 6.80. The zero-order valence-electron chi connectivity index (χ0n) is 9.40. The van der Waals surface area contributed by atoms with Crippen molar-refractivity contribution in [3.63, 3.8) is 0 Å². The second-order valence-corrected chi connectivity index (χ2v) is 4.04. The Morgan fingerprint density at radius 1 is 1.12 bits per heavy atom.